The number of carbonyl (C=O) groups is 1. The Bertz CT molecular complexity index is 666. The molecule has 1 aliphatic heterocycles. The number of aromatic carboxylic acids is 1. The summed E-state index contributed by atoms with van der Waals surface area (Å²) >= 11 is 0. The molecule has 1 aromatic carbocycles. The number of carboxylic acid groups (broad SMARTS) is 1. The van der Waals surface area contributed by atoms with Crippen LogP contribution in [0.3, 0.4) is 0 Å². The van der Waals surface area contributed by atoms with Crippen molar-refractivity contribution in [1.29, 1.82) is 0 Å². The molecule has 2 atom stereocenters. The van der Waals surface area contributed by atoms with Crippen LogP contribution in [0.2, 0.25) is 0 Å². The Balaban J connectivity index is 0.00000144. The number of benzene rings is 1. The third-order valence-corrected chi connectivity index (χ3v) is 4.16. The van der Waals surface area contributed by atoms with Crippen LogP contribution >= 0.6 is 0 Å². The minimum absolute atomic E-state index is 0. The van der Waals surface area contributed by atoms with Crippen LogP contribution in [-0.2, 0) is 0 Å². The van der Waals surface area contributed by atoms with E-state index in [1.807, 2.05) is 18.2 Å². The van der Waals surface area contributed by atoms with Crippen molar-refractivity contribution in [1.82, 2.24) is 4.98 Å². The predicted octanol–water partition coefficient (Wildman–Crippen LogP) is -2.13. The van der Waals surface area contributed by atoms with E-state index in [2.05, 4.69) is 29.1 Å². The summed E-state index contributed by atoms with van der Waals surface area (Å²) in [5.74, 6) is -0.676. The number of likely N-dealkylation sites (N-methyl/N-ethyl adjacent to an activating group) is 1. The van der Waals surface area contributed by atoms with Crippen LogP contribution in [0.15, 0.2) is 48.7 Å². The SMILES string of the molecule is C[NH+]1CCN(c2ncccc2C(=O)[O-])[C@H](c2ccccc2)C1.O.O. The van der Waals surface area contributed by atoms with Gasteiger partial charge in [-0.05, 0) is 17.7 Å². The zero-order valence-corrected chi connectivity index (χ0v) is 13.5. The second-order valence-electron chi connectivity index (χ2n) is 5.69. The summed E-state index contributed by atoms with van der Waals surface area (Å²) in [6, 6.07) is 13.5. The second kappa shape index (κ2) is 8.39. The molecule has 1 unspecified atom stereocenters. The number of pyridine rings is 1. The zero-order chi connectivity index (χ0) is 15.5. The first-order valence-corrected chi connectivity index (χ1v) is 7.46. The van der Waals surface area contributed by atoms with E-state index < -0.39 is 5.97 Å². The largest absolute Gasteiger partial charge is 0.545 e. The van der Waals surface area contributed by atoms with Gasteiger partial charge < -0.3 is 30.7 Å². The first-order valence-electron chi connectivity index (χ1n) is 7.46. The van der Waals surface area contributed by atoms with Crippen LogP contribution in [0.5, 0.6) is 0 Å². The number of carboxylic acids is 1. The van der Waals surface area contributed by atoms with Crippen LogP contribution in [0.1, 0.15) is 22.0 Å². The average molecular weight is 333 g/mol. The minimum atomic E-state index is -1.18. The summed E-state index contributed by atoms with van der Waals surface area (Å²) in [5.41, 5.74) is 1.33. The van der Waals surface area contributed by atoms with Gasteiger partial charge in [0.1, 0.15) is 18.4 Å². The molecule has 1 saturated heterocycles. The highest BCUT2D eigenvalue weighted by atomic mass is 16.4. The van der Waals surface area contributed by atoms with E-state index in [4.69, 9.17) is 0 Å². The molecule has 5 N–H and O–H groups in total. The molecular formula is C17H23N3O4. The molecule has 24 heavy (non-hydrogen) atoms. The van der Waals surface area contributed by atoms with Crippen molar-refractivity contribution in [2.24, 2.45) is 0 Å². The minimum Gasteiger partial charge on any atom is -0.545 e. The number of quaternary nitrogens is 1. The van der Waals surface area contributed by atoms with Gasteiger partial charge >= 0.3 is 0 Å². The maximum absolute atomic E-state index is 11.4. The summed E-state index contributed by atoms with van der Waals surface area (Å²) in [6.07, 6.45) is 1.63. The van der Waals surface area contributed by atoms with Crippen molar-refractivity contribution in [3.8, 4) is 0 Å². The summed E-state index contributed by atoms with van der Waals surface area (Å²) in [4.78, 5) is 19.2. The lowest BCUT2D eigenvalue weighted by Gasteiger charge is -2.39. The lowest BCUT2D eigenvalue weighted by molar-refractivity contribution is -0.883. The highest BCUT2D eigenvalue weighted by Gasteiger charge is 2.31. The van der Waals surface area contributed by atoms with Gasteiger partial charge in [-0.15, -0.1) is 0 Å². The fraction of sp³-hybridized carbons (Fsp3) is 0.294. The van der Waals surface area contributed by atoms with Gasteiger partial charge in [0.15, 0.2) is 0 Å². The van der Waals surface area contributed by atoms with Gasteiger partial charge in [0.2, 0.25) is 0 Å². The smallest absolute Gasteiger partial charge is 0.138 e. The molecule has 2 aromatic rings. The van der Waals surface area contributed by atoms with Crippen molar-refractivity contribution < 1.29 is 25.8 Å². The molecule has 130 valence electrons. The number of rotatable bonds is 3. The molecule has 0 radical (unpaired) electrons. The third-order valence-electron chi connectivity index (χ3n) is 4.16. The monoisotopic (exact) mass is 333 g/mol. The molecule has 0 spiro atoms. The van der Waals surface area contributed by atoms with Gasteiger partial charge in [-0.1, -0.05) is 30.3 Å². The Hall–Kier alpha value is -2.48. The second-order valence-corrected chi connectivity index (χ2v) is 5.69. The first kappa shape index (κ1) is 19.6. The predicted molar refractivity (Wildman–Crippen MR) is 88.9 cm³/mol. The lowest BCUT2D eigenvalue weighted by atomic mass is 10.0. The Morgan fingerprint density at radius 1 is 1.21 bits per heavy atom. The summed E-state index contributed by atoms with van der Waals surface area (Å²) in [6.45, 7) is 2.63. The van der Waals surface area contributed by atoms with Gasteiger partial charge in [0.25, 0.3) is 0 Å². The molecule has 0 aliphatic carbocycles. The molecule has 1 aromatic heterocycles. The van der Waals surface area contributed by atoms with E-state index in [0.717, 1.165) is 19.6 Å². The fourth-order valence-electron chi connectivity index (χ4n) is 3.02. The quantitative estimate of drug-likeness (QED) is 0.689. The Labute approximate surface area is 140 Å². The highest BCUT2D eigenvalue weighted by molar-refractivity contribution is 5.91. The third kappa shape index (κ3) is 3.88. The number of aromatic nitrogens is 1. The first-order chi connectivity index (χ1) is 10.7. The van der Waals surface area contributed by atoms with E-state index in [-0.39, 0.29) is 22.6 Å². The van der Waals surface area contributed by atoms with Crippen LogP contribution in [0, 0.1) is 0 Å². The van der Waals surface area contributed by atoms with E-state index in [1.54, 1.807) is 18.3 Å². The normalized spacial score (nSPS) is 19.8. The summed E-state index contributed by atoms with van der Waals surface area (Å²) in [7, 11) is 2.16. The van der Waals surface area contributed by atoms with E-state index in [9.17, 15) is 9.90 Å². The molecule has 0 saturated carbocycles. The maximum atomic E-state index is 11.4. The van der Waals surface area contributed by atoms with Gasteiger partial charge in [-0.2, -0.15) is 0 Å². The van der Waals surface area contributed by atoms with Crippen molar-refractivity contribution in [3.05, 3.63) is 59.8 Å². The lowest BCUT2D eigenvalue weighted by Crippen LogP contribution is -3.12. The number of nitrogens with zero attached hydrogens (tertiary/aromatic N) is 2. The van der Waals surface area contributed by atoms with Crippen molar-refractivity contribution >= 4 is 11.8 Å². The van der Waals surface area contributed by atoms with Gasteiger partial charge in [0.05, 0.1) is 26.1 Å². The van der Waals surface area contributed by atoms with Crippen LogP contribution in [0.4, 0.5) is 5.82 Å². The molecule has 2 heterocycles. The molecule has 0 amide bonds. The zero-order valence-electron chi connectivity index (χ0n) is 13.5. The maximum Gasteiger partial charge on any atom is 0.138 e. The van der Waals surface area contributed by atoms with Crippen LogP contribution in [-0.4, -0.2) is 48.6 Å². The molecule has 1 aliphatic rings. The molecule has 1 fully saturated rings. The number of anilines is 1. The number of piperazine rings is 1. The molecule has 3 rings (SSSR count). The highest BCUT2D eigenvalue weighted by Crippen LogP contribution is 2.28. The van der Waals surface area contributed by atoms with Gasteiger partial charge in [0, 0.05) is 11.8 Å². The summed E-state index contributed by atoms with van der Waals surface area (Å²) < 4.78 is 0. The van der Waals surface area contributed by atoms with Crippen LogP contribution in [0.25, 0.3) is 0 Å². The Morgan fingerprint density at radius 3 is 2.58 bits per heavy atom. The number of hydrogen-bond donors (Lipinski definition) is 1. The van der Waals surface area contributed by atoms with Crippen LogP contribution < -0.4 is 14.9 Å². The van der Waals surface area contributed by atoms with E-state index in [1.165, 1.54) is 10.5 Å². The average Bonchev–Trinajstić information content (AvgIpc) is 2.55. The topological polar surface area (TPSA) is 124 Å². The van der Waals surface area contributed by atoms with Crippen molar-refractivity contribution in [2.75, 3.05) is 31.6 Å². The standard InChI is InChI=1S/C17H19N3O2.2H2O/c1-19-10-11-20(15(12-19)13-6-3-2-4-7-13)16-14(17(21)22)8-5-9-18-16;;/h2-9,15H,10-12H2,1H3,(H,21,22);2*1H2/t15-;;/m0../s1. The van der Waals surface area contributed by atoms with E-state index in [0.29, 0.717) is 5.82 Å². The van der Waals surface area contributed by atoms with Crippen molar-refractivity contribution in [2.45, 2.75) is 6.04 Å². The number of carbonyl (C=O) groups excluding carboxylic acids is 1. The van der Waals surface area contributed by atoms with Gasteiger partial charge in [-0.25, -0.2) is 4.98 Å². The fourth-order valence-corrected chi connectivity index (χ4v) is 3.02. The van der Waals surface area contributed by atoms with Gasteiger partial charge in [-0.3, -0.25) is 0 Å². The summed E-state index contributed by atoms with van der Waals surface area (Å²) in [5, 5.41) is 11.4. The molecule has 7 nitrogen and oxygen atoms in total. The van der Waals surface area contributed by atoms with Crippen molar-refractivity contribution in [3.63, 3.8) is 0 Å². The number of nitrogens with one attached hydrogen (secondary N) is 1. The molecule has 0 bridgehead atoms. The van der Waals surface area contributed by atoms with E-state index >= 15 is 0 Å². The Morgan fingerprint density at radius 2 is 1.92 bits per heavy atom. The Kier molecular flexibility index (Phi) is 6.84. The number of hydrogen-bond acceptors (Lipinski definition) is 4. The molecular weight excluding hydrogens is 310 g/mol. The molecule has 7 heteroatoms.